The van der Waals surface area contributed by atoms with Crippen molar-refractivity contribution >= 4 is 11.0 Å². The highest BCUT2D eigenvalue weighted by Crippen LogP contribution is 2.24. The number of ether oxygens (including phenoxy) is 1. The Morgan fingerprint density at radius 2 is 2.32 bits per heavy atom. The maximum Gasteiger partial charge on any atom is 0.318 e. The zero-order chi connectivity index (χ0) is 13.2. The average molecular weight is 260 g/mol. The Bertz CT molecular complexity index is 558. The maximum absolute atomic E-state index is 5.75. The fourth-order valence-corrected chi connectivity index (χ4v) is 2.52. The largest absolute Gasteiger partial charge is 0.462 e. The van der Waals surface area contributed by atoms with Gasteiger partial charge in [0.2, 0.25) is 0 Å². The van der Waals surface area contributed by atoms with E-state index in [0.717, 1.165) is 23.3 Å². The van der Waals surface area contributed by atoms with Gasteiger partial charge in [-0.3, -0.25) is 0 Å². The van der Waals surface area contributed by atoms with Crippen molar-refractivity contribution in [1.29, 1.82) is 0 Å². The number of H-pyrrole nitrogens is 1. The molecular formula is C14H20N4O. The third-order valence-electron chi connectivity index (χ3n) is 3.55. The summed E-state index contributed by atoms with van der Waals surface area (Å²) in [4.78, 5) is 12.1. The van der Waals surface area contributed by atoms with E-state index in [1.165, 1.54) is 12.8 Å². The summed E-state index contributed by atoms with van der Waals surface area (Å²) in [6, 6.07) is 2.94. The van der Waals surface area contributed by atoms with Gasteiger partial charge in [-0.25, -0.2) is 0 Å². The summed E-state index contributed by atoms with van der Waals surface area (Å²) in [5.74, 6) is 0.355. The molecule has 0 amide bonds. The van der Waals surface area contributed by atoms with Crippen molar-refractivity contribution in [3.8, 4) is 6.01 Å². The number of rotatable bonds is 4. The van der Waals surface area contributed by atoms with E-state index in [2.05, 4.69) is 34.1 Å². The first-order chi connectivity index (χ1) is 9.24. The van der Waals surface area contributed by atoms with Crippen LogP contribution in [0, 0.1) is 0 Å². The molecule has 5 heteroatoms. The molecule has 0 radical (unpaired) electrons. The lowest BCUT2D eigenvalue weighted by atomic mass is 10.1. The smallest absolute Gasteiger partial charge is 0.318 e. The average Bonchev–Trinajstić information content (AvgIpc) is 3.06. The molecular weight excluding hydrogens is 240 g/mol. The highest BCUT2D eigenvalue weighted by Gasteiger charge is 2.17. The van der Waals surface area contributed by atoms with Gasteiger partial charge in [-0.15, -0.1) is 0 Å². The third kappa shape index (κ3) is 2.56. The maximum atomic E-state index is 5.75. The Labute approximate surface area is 112 Å². The van der Waals surface area contributed by atoms with Crippen LogP contribution < -0.4 is 10.1 Å². The van der Waals surface area contributed by atoms with Crippen LogP contribution >= 0.6 is 0 Å². The number of nitrogens with zero attached hydrogens (tertiary/aromatic N) is 2. The van der Waals surface area contributed by atoms with Gasteiger partial charge in [0.05, 0.1) is 5.69 Å². The van der Waals surface area contributed by atoms with Gasteiger partial charge in [0.15, 0.2) is 0 Å². The molecule has 0 unspecified atom stereocenters. The number of fused-ring (bicyclic) bond motifs is 1. The van der Waals surface area contributed by atoms with Crippen molar-refractivity contribution in [2.45, 2.75) is 38.6 Å². The zero-order valence-corrected chi connectivity index (χ0v) is 11.4. The molecule has 5 nitrogen and oxygen atoms in total. The van der Waals surface area contributed by atoms with Crippen molar-refractivity contribution in [1.82, 2.24) is 20.3 Å². The predicted molar refractivity (Wildman–Crippen MR) is 74.5 cm³/mol. The lowest BCUT2D eigenvalue weighted by Gasteiger charge is -2.12. The quantitative estimate of drug-likeness (QED) is 0.884. The minimum Gasteiger partial charge on any atom is -0.462 e. The molecule has 102 valence electrons. The van der Waals surface area contributed by atoms with Gasteiger partial charge in [-0.2, -0.15) is 9.97 Å². The fraction of sp³-hybridized carbons (Fsp3) is 0.571. The van der Waals surface area contributed by atoms with Crippen molar-refractivity contribution < 1.29 is 4.74 Å². The van der Waals surface area contributed by atoms with Gasteiger partial charge in [-0.1, -0.05) is 13.8 Å². The number of aromatic nitrogens is 3. The molecule has 0 saturated carbocycles. The minimum absolute atomic E-state index is 0.355. The first-order valence-electron chi connectivity index (χ1n) is 6.95. The first-order valence-corrected chi connectivity index (χ1v) is 6.95. The monoisotopic (exact) mass is 260 g/mol. The molecule has 1 aliphatic heterocycles. The normalized spacial score (nSPS) is 19.4. The highest BCUT2D eigenvalue weighted by molar-refractivity contribution is 5.78. The van der Waals surface area contributed by atoms with E-state index in [-0.39, 0.29) is 0 Å². The molecule has 1 aliphatic rings. The molecule has 0 spiro atoms. The van der Waals surface area contributed by atoms with E-state index in [0.29, 0.717) is 24.6 Å². The summed E-state index contributed by atoms with van der Waals surface area (Å²) >= 11 is 0. The second kappa shape index (κ2) is 5.17. The molecule has 1 atom stereocenters. The number of aromatic amines is 1. The summed E-state index contributed by atoms with van der Waals surface area (Å²) < 4.78 is 5.75. The summed E-state index contributed by atoms with van der Waals surface area (Å²) in [6.07, 6.45) is 4.29. The Morgan fingerprint density at radius 1 is 1.42 bits per heavy atom. The lowest BCUT2D eigenvalue weighted by Crippen LogP contribution is -2.28. The Hall–Kier alpha value is -1.62. The molecule has 2 aromatic heterocycles. The highest BCUT2D eigenvalue weighted by atomic mass is 16.5. The van der Waals surface area contributed by atoms with Crippen LogP contribution in [0.15, 0.2) is 12.3 Å². The molecule has 2 aromatic rings. The van der Waals surface area contributed by atoms with Gasteiger partial charge in [0, 0.05) is 17.6 Å². The Kier molecular flexibility index (Phi) is 3.38. The van der Waals surface area contributed by atoms with Crippen LogP contribution in [0.3, 0.4) is 0 Å². The van der Waals surface area contributed by atoms with Gasteiger partial charge in [0.1, 0.15) is 12.3 Å². The Morgan fingerprint density at radius 3 is 3.05 bits per heavy atom. The van der Waals surface area contributed by atoms with Gasteiger partial charge in [0.25, 0.3) is 0 Å². The van der Waals surface area contributed by atoms with Gasteiger partial charge >= 0.3 is 6.01 Å². The van der Waals surface area contributed by atoms with E-state index in [4.69, 9.17) is 4.74 Å². The molecule has 0 aromatic carbocycles. The molecule has 2 N–H and O–H groups in total. The van der Waals surface area contributed by atoms with E-state index in [1.54, 1.807) is 0 Å². The molecule has 0 aliphatic carbocycles. The minimum atomic E-state index is 0.355. The third-order valence-corrected chi connectivity index (χ3v) is 3.55. The summed E-state index contributed by atoms with van der Waals surface area (Å²) in [5, 5.41) is 4.49. The van der Waals surface area contributed by atoms with Crippen LogP contribution in [0.5, 0.6) is 6.01 Å². The lowest BCUT2D eigenvalue weighted by molar-refractivity contribution is 0.257. The van der Waals surface area contributed by atoms with Crippen LogP contribution in [-0.4, -0.2) is 34.1 Å². The first kappa shape index (κ1) is 12.4. The second-order valence-electron chi connectivity index (χ2n) is 5.39. The predicted octanol–water partition coefficient (Wildman–Crippen LogP) is 2.21. The Balaban J connectivity index is 1.82. The summed E-state index contributed by atoms with van der Waals surface area (Å²) in [6.45, 7) is 6.00. The molecule has 1 saturated heterocycles. The number of hydrogen-bond acceptors (Lipinski definition) is 4. The van der Waals surface area contributed by atoms with Crippen molar-refractivity contribution in [3.05, 3.63) is 18.0 Å². The van der Waals surface area contributed by atoms with Crippen molar-refractivity contribution in [3.63, 3.8) is 0 Å². The second-order valence-corrected chi connectivity index (χ2v) is 5.39. The topological polar surface area (TPSA) is 62.8 Å². The molecule has 19 heavy (non-hydrogen) atoms. The summed E-state index contributed by atoms with van der Waals surface area (Å²) in [7, 11) is 0. The van der Waals surface area contributed by atoms with Crippen molar-refractivity contribution in [2.75, 3.05) is 13.2 Å². The molecule has 3 rings (SSSR count). The van der Waals surface area contributed by atoms with E-state index in [1.807, 2.05) is 12.3 Å². The summed E-state index contributed by atoms with van der Waals surface area (Å²) in [5.41, 5.74) is 1.90. The van der Waals surface area contributed by atoms with Crippen LogP contribution in [0.2, 0.25) is 0 Å². The van der Waals surface area contributed by atoms with E-state index < -0.39 is 0 Å². The standard InChI is InChI=1S/C14H20N4O/c1-9(2)12-11-5-7-16-13(11)18-14(17-12)19-8-10-4-3-6-15-10/h5,7,9-10,15H,3-4,6,8H2,1-2H3,(H,16,17,18)/t10-/m1/s1. The van der Waals surface area contributed by atoms with E-state index >= 15 is 0 Å². The zero-order valence-electron chi connectivity index (χ0n) is 11.4. The van der Waals surface area contributed by atoms with Crippen LogP contribution in [-0.2, 0) is 0 Å². The molecule has 1 fully saturated rings. The van der Waals surface area contributed by atoms with Crippen LogP contribution in [0.1, 0.15) is 38.3 Å². The fourth-order valence-electron chi connectivity index (χ4n) is 2.52. The van der Waals surface area contributed by atoms with Crippen molar-refractivity contribution in [2.24, 2.45) is 0 Å². The van der Waals surface area contributed by atoms with Crippen LogP contribution in [0.25, 0.3) is 11.0 Å². The number of nitrogens with one attached hydrogen (secondary N) is 2. The van der Waals surface area contributed by atoms with Crippen LogP contribution in [0.4, 0.5) is 0 Å². The molecule has 3 heterocycles. The number of hydrogen-bond donors (Lipinski definition) is 2. The van der Waals surface area contributed by atoms with E-state index in [9.17, 15) is 0 Å². The van der Waals surface area contributed by atoms with Gasteiger partial charge < -0.3 is 15.0 Å². The molecule has 0 bridgehead atoms. The van der Waals surface area contributed by atoms with Gasteiger partial charge in [-0.05, 0) is 31.4 Å². The SMILES string of the molecule is CC(C)c1nc(OC[C@H]2CCCN2)nc2[nH]ccc12.